The lowest BCUT2D eigenvalue weighted by molar-refractivity contribution is -0.157. The molecule has 16 heteroatoms. The lowest BCUT2D eigenvalue weighted by Crippen LogP contribution is -2.47. The van der Waals surface area contributed by atoms with Crippen LogP contribution in [0.3, 0.4) is 0 Å². The highest BCUT2D eigenvalue weighted by Crippen LogP contribution is 2.15. The van der Waals surface area contributed by atoms with Crippen LogP contribution in [0, 0.1) is 0 Å². The standard InChI is InChI=1S/C34H63N5O10S/c1-3-5-7-9-11-13-15-17-30(43)48-22-25(49-31(44)18-16-14-12-10-8-6-4-2)23-50-24-26(35)34(47)36-29-20-39(38-37-29)19-27(41)32(45)33(46)28(42)21-40/h20,25-28,32-33,40-42,45-46H,3-19,21-24,35H2,1-2H3,(H,36,47)/t25-,26-,27+,28-,32+,33-/m1/s1. The van der Waals surface area contributed by atoms with Crippen molar-refractivity contribution in [1.82, 2.24) is 15.0 Å². The number of hydrogen-bond acceptors (Lipinski definition) is 14. The molecule has 15 nitrogen and oxygen atoms in total. The van der Waals surface area contributed by atoms with Gasteiger partial charge in [-0.15, -0.1) is 5.10 Å². The molecule has 0 aliphatic heterocycles. The summed E-state index contributed by atoms with van der Waals surface area (Å²) in [7, 11) is 0. The maximum atomic E-state index is 12.7. The summed E-state index contributed by atoms with van der Waals surface area (Å²) in [5.74, 6) is -0.802. The van der Waals surface area contributed by atoms with E-state index in [0.29, 0.717) is 6.42 Å². The Labute approximate surface area is 301 Å². The first-order valence-corrected chi connectivity index (χ1v) is 19.4. The number of nitrogens with zero attached hydrogens (tertiary/aromatic N) is 3. The van der Waals surface area contributed by atoms with E-state index in [1.807, 2.05) is 0 Å². The fourth-order valence-corrected chi connectivity index (χ4v) is 5.97. The predicted octanol–water partition coefficient (Wildman–Crippen LogP) is 2.45. The van der Waals surface area contributed by atoms with Crippen molar-refractivity contribution in [2.24, 2.45) is 5.73 Å². The summed E-state index contributed by atoms with van der Waals surface area (Å²) in [5.41, 5.74) is 6.08. The van der Waals surface area contributed by atoms with E-state index in [2.05, 4.69) is 29.5 Å². The smallest absolute Gasteiger partial charge is 0.306 e. The second kappa shape index (κ2) is 28.3. The van der Waals surface area contributed by atoms with Crippen LogP contribution in [0.1, 0.15) is 117 Å². The highest BCUT2D eigenvalue weighted by atomic mass is 32.2. The van der Waals surface area contributed by atoms with Gasteiger partial charge in [-0.2, -0.15) is 11.8 Å². The van der Waals surface area contributed by atoms with Crippen LogP contribution in [-0.4, -0.2) is 120 Å². The number of hydrogen-bond donors (Lipinski definition) is 7. The number of amides is 1. The Morgan fingerprint density at radius 1 is 0.820 bits per heavy atom. The number of carbonyl (C=O) groups is 3. The van der Waals surface area contributed by atoms with Crippen molar-refractivity contribution in [1.29, 1.82) is 0 Å². The van der Waals surface area contributed by atoms with Crippen molar-refractivity contribution in [3.63, 3.8) is 0 Å². The summed E-state index contributed by atoms with van der Waals surface area (Å²) >= 11 is 1.28. The van der Waals surface area contributed by atoms with Crippen LogP contribution < -0.4 is 11.1 Å². The van der Waals surface area contributed by atoms with Gasteiger partial charge in [-0.1, -0.05) is 96.1 Å². The predicted molar refractivity (Wildman–Crippen MR) is 191 cm³/mol. The number of aliphatic hydroxyl groups excluding tert-OH is 5. The van der Waals surface area contributed by atoms with Crippen LogP contribution in [0.5, 0.6) is 0 Å². The SMILES string of the molecule is CCCCCCCCCC(=O)OC[C@H](CSC[C@@H](N)C(=O)Nc1cn(C[C@H](O)[C@H](O)[C@H](O)[C@H](O)CO)nn1)OC(=O)CCCCCCCCC. The average Bonchev–Trinajstić information content (AvgIpc) is 3.54. The van der Waals surface area contributed by atoms with E-state index >= 15 is 0 Å². The summed E-state index contributed by atoms with van der Waals surface area (Å²) in [6.07, 6.45) is 9.51. The minimum Gasteiger partial charge on any atom is -0.462 e. The number of carbonyl (C=O) groups excluding carboxylic acids is 3. The van der Waals surface area contributed by atoms with Gasteiger partial charge in [0.05, 0.1) is 25.4 Å². The van der Waals surface area contributed by atoms with E-state index in [4.69, 9.17) is 20.3 Å². The van der Waals surface area contributed by atoms with E-state index in [-0.39, 0.29) is 48.8 Å². The van der Waals surface area contributed by atoms with Crippen molar-refractivity contribution in [2.75, 3.05) is 30.0 Å². The molecule has 8 N–H and O–H groups in total. The normalized spacial score (nSPS) is 15.1. The third kappa shape index (κ3) is 21.1. The van der Waals surface area contributed by atoms with Crippen molar-refractivity contribution >= 4 is 35.4 Å². The molecule has 0 radical (unpaired) electrons. The molecule has 1 rings (SSSR count). The van der Waals surface area contributed by atoms with Crippen LogP contribution in [0.25, 0.3) is 0 Å². The van der Waals surface area contributed by atoms with Gasteiger partial charge in [0.25, 0.3) is 0 Å². The Kier molecular flexibility index (Phi) is 25.8. The Hall–Kier alpha value is -2.34. The van der Waals surface area contributed by atoms with Crippen LogP contribution in [0.2, 0.25) is 0 Å². The third-order valence-electron chi connectivity index (χ3n) is 8.12. The van der Waals surface area contributed by atoms with Gasteiger partial charge in [-0.25, -0.2) is 4.68 Å². The molecule has 0 spiro atoms. The zero-order valence-electron chi connectivity index (χ0n) is 30.0. The van der Waals surface area contributed by atoms with Crippen molar-refractivity contribution < 1.29 is 49.4 Å². The first-order chi connectivity index (χ1) is 24.0. The van der Waals surface area contributed by atoms with E-state index in [1.54, 1.807) is 0 Å². The summed E-state index contributed by atoms with van der Waals surface area (Å²) in [5, 5.41) is 58.4. The highest BCUT2D eigenvalue weighted by Gasteiger charge is 2.30. The molecule has 1 heterocycles. The second-order valence-corrected chi connectivity index (χ2v) is 13.9. The van der Waals surface area contributed by atoms with Gasteiger partial charge < -0.3 is 46.1 Å². The number of aliphatic hydroxyl groups is 5. The fraction of sp³-hybridized carbons (Fsp3) is 0.853. The molecule has 0 fully saturated rings. The number of nitrogens with two attached hydrogens (primary N) is 1. The van der Waals surface area contributed by atoms with Gasteiger partial charge in [-0.3, -0.25) is 14.4 Å². The number of unbranched alkanes of at least 4 members (excludes halogenated alkanes) is 12. The molecule has 1 aromatic rings. The number of aromatic nitrogens is 3. The molecule has 50 heavy (non-hydrogen) atoms. The van der Waals surface area contributed by atoms with Crippen LogP contribution in [0.4, 0.5) is 5.82 Å². The van der Waals surface area contributed by atoms with Crippen molar-refractivity contribution in [3.05, 3.63) is 6.20 Å². The third-order valence-corrected chi connectivity index (χ3v) is 9.33. The molecule has 6 atom stereocenters. The Bertz CT molecular complexity index is 1050. The molecule has 0 saturated carbocycles. The minimum atomic E-state index is -1.79. The number of anilines is 1. The Morgan fingerprint density at radius 3 is 1.94 bits per heavy atom. The minimum absolute atomic E-state index is 0.0260. The van der Waals surface area contributed by atoms with Gasteiger partial charge >= 0.3 is 11.9 Å². The number of esters is 2. The van der Waals surface area contributed by atoms with Gasteiger partial charge in [0.15, 0.2) is 5.82 Å². The molecular weight excluding hydrogens is 670 g/mol. The highest BCUT2D eigenvalue weighted by molar-refractivity contribution is 7.99. The molecule has 0 aromatic carbocycles. The van der Waals surface area contributed by atoms with Crippen LogP contribution >= 0.6 is 11.8 Å². The van der Waals surface area contributed by atoms with E-state index in [1.165, 1.54) is 56.5 Å². The van der Waals surface area contributed by atoms with E-state index in [9.17, 15) is 34.8 Å². The molecule has 0 bridgehead atoms. The van der Waals surface area contributed by atoms with Crippen LogP contribution in [-0.2, 0) is 30.4 Å². The fourth-order valence-electron chi connectivity index (χ4n) is 5.00. The first-order valence-electron chi connectivity index (χ1n) is 18.2. The first kappa shape index (κ1) is 45.7. The van der Waals surface area contributed by atoms with E-state index < -0.39 is 49.1 Å². The maximum Gasteiger partial charge on any atom is 0.306 e. The number of thioether (sulfide) groups is 1. The number of ether oxygens (including phenoxy) is 2. The van der Waals surface area contributed by atoms with Crippen molar-refractivity contribution in [2.45, 2.75) is 160 Å². The lowest BCUT2D eigenvalue weighted by atomic mass is 10.0. The summed E-state index contributed by atoms with van der Waals surface area (Å²) in [4.78, 5) is 37.7. The van der Waals surface area contributed by atoms with Crippen molar-refractivity contribution in [3.8, 4) is 0 Å². The zero-order valence-corrected chi connectivity index (χ0v) is 30.8. The summed E-state index contributed by atoms with van der Waals surface area (Å²) < 4.78 is 12.2. The monoisotopic (exact) mass is 733 g/mol. The van der Waals surface area contributed by atoms with E-state index in [0.717, 1.165) is 56.0 Å². The number of nitrogens with one attached hydrogen (secondary N) is 1. The summed E-state index contributed by atoms with van der Waals surface area (Å²) in [6.45, 7) is 3.13. The second-order valence-electron chi connectivity index (χ2n) is 12.8. The molecule has 0 aliphatic rings. The largest absolute Gasteiger partial charge is 0.462 e. The summed E-state index contributed by atoms with van der Waals surface area (Å²) in [6, 6.07) is -0.975. The maximum absolute atomic E-state index is 12.7. The molecule has 0 aliphatic carbocycles. The Morgan fingerprint density at radius 2 is 1.36 bits per heavy atom. The molecule has 0 saturated heterocycles. The molecular formula is C34H63N5O10S. The van der Waals surface area contributed by atoms with Gasteiger partial charge in [-0.05, 0) is 12.8 Å². The molecule has 0 unspecified atom stereocenters. The zero-order chi connectivity index (χ0) is 37.1. The average molecular weight is 734 g/mol. The van der Waals surface area contributed by atoms with Gasteiger partial charge in [0.2, 0.25) is 5.91 Å². The molecule has 290 valence electrons. The van der Waals surface area contributed by atoms with Gasteiger partial charge in [0.1, 0.15) is 37.1 Å². The van der Waals surface area contributed by atoms with Crippen LogP contribution in [0.15, 0.2) is 6.20 Å². The molecule has 1 amide bonds. The molecule has 1 aromatic heterocycles. The van der Waals surface area contributed by atoms with Gasteiger partial charge in [0, 0.05) is 24.3 Å². The topological polar surface area (TPSA) is 240 Å². The lowest BCUT2D eigenvalue weighted by Gasteiger charge is -2.25. The Balaban J connectivity index is 2.57. The quantitative estimate of drug-likeness (QED) is 0.0429. The number of rotatable bonds is 31.